The minimum Gasteiger partial charge on any atom is -0.486 e. The SMILES string of the molecule is CC#C[C@@H](CC(=O)O)c1ccc(OC2CCc3cc(Br)ccc32)cc1.CC#C[C@@H](CC(=O)OC)c1ccc(OC2CCc3cc(Br)ccc32)cc1. The van der Waals surface area contributed by atoms with E-state index >= 15 is 0 Å². The van der Waals surface area contributed by atoms with Gasteiger partial charge in [0.1, 0.15) is 23.7 Å². The molecule has 0 spiro atoms. The molecule has 6 nitrogen and oxygen atoms in total. The van der Waals surface area contributed by atoms with Gasteiger partial charge >= 0.3 is 11.9 Å². The molecule has 0 radical (unpaired) electrons. The number of esters is 1. The van der Waals surface area contributed by atoms with Gasteiger partial charge in [0.25, 0.3) is 0 Å². The largest absolute Gasteiger partial charge is 0.486 e. The van der Waals surface area contributed by atoms with Gasteiger partial charge in [0.15, 0.2) is 0 Å². The van der Waals surface area contributed by atoms with Gasteiger partial charge in [-0.1, -0.05) is 80.1 Å². The van der Waals surface area contributed by atoms with E-state index < -0.39 is 5.97 Å². The Hall–Kier alpha value is -4.50. The van der Waals surface area contributed by atoms with E-state index in [1.54, 1.807) is 13.8 Å². The molecular formula is C43H40Br2O6. The summed E-state index contributed by atoms with van der Waals surface area (Å²) in [6.45, 7) is 3.50. The minimum atomic E-state index is -0.846. The third-order valence-corrected chi connectivity index (χ3v) is 9.98. The second-order valence-electron chi connectivity index (χ2n) is 12.4. The van der Waals surface area contributed by atoms with Crippen molar-refractivity contribution in [3.63, 3.8) is 0 Å². The molecular weight excluding hydrogens is 772 g/mol. The Bertz CT molecular complexity index is 1960. The number of ether oxygens (including phenoxy) is 3. The summed E-state index contributed by atoms with van der Waals surface area (Å²) in [5, 5.41) is 9.03. The fourth-order valence-electron chi connectivity index (χ4n) is 6.50. The van der Waals surface area contributed by atoms with E-state index in [2.05, 4.69) is 85.9 Å². The number of hydrogen-bond donors (Lipinski definition) is 1. The molecule has 0 heterocycles. The predicted molar refractivity (Wildman–Crippen MR) is 206 cm³/mol. The van der Waals surface area contributed by atoms with Crippen molar-refractivity contribution in [2.24, 2.45) is 0 Å². The highest BCUT2D eigenvalue weighted by Crippen LogP contribution is 2.38. The van der Waals surface area contributed by atoms with Gasteiger partial charge in [0.2, 0.25) is 0 Å². The van der Waals surface area contributed by atoms with Crippen LogP contribution in [0.2, 0.25) is 0 Å². The monoisotopic (exact) mass is 810 g/mol. The lowest BCUT2D eigenvalue weighted by molar-refractivity contribution is -0.141. The van der Waals surface area contributed by atoms with E-state index in [4.69, 9.17) is 19.3 Å². The van der Waals surface area contributed by atoms with Crippen LogP contribution in [-0.2, 0) is 27.2 Å². The van der Waals surface area contributed by atoms with Gasteiger partial charge < -0.3 is 19.3 Å². The Morgan fingerprint density at radius 1 is 0.706 bits per heavy atom. The molecule has 4 aromatic carbocycles. The number of methoxy groups -OCH3 is 1. The summed E-state index contributed by atoms with van der Waals surface area (Å²) in [7, 11) is 1.40. The number of aryl methyl sites for hydroxylation is 2. The van der Waals surface area contributed by atoms with E-state index in [1.165, 1.54) is 29.4 Å². The summed E-state index contributed by atoms with van der Waals surface area (Å²) in [4.78, 5) is 22.6. The molecule has 0 saturated carbocycles. The Balaban J connectivity index is 0.000000198. The molecule has 8 heteroatoms. The second-order valence-corrected chi connectivity index (χ2v) is 14.2. The second kappa shape index (κ2) is 18.1. The zero-order chi connectivity index (χ0) is 36.3. The summed E-state index contributed by atoms with van der Waals surface area (Å²) < 4.78 is 19.3. The number of benzene rings is 4. The highest BCUT2D eigenvalue weighted by Gasteiger charge is 2.25. The van der Waals surface area contributed by atoms with Crippen molar-refractivity contribution in [1.29, 1.82) is 0 Å². The lowest BCUT2D eigenvalue weighted by atomic mass is 9.96. The van der Waals surface area contributed by atoms with Gasteiger partial charge in [0.05, 0.1) is 31.8 Å². The summed E-state index contributed by atoms with van der Waals surface area (Å²) >= 11 is 7.03. The number of halogens is 2. The Morgan fingerprint density at radius 2 is 1.14 bits per heavy atom. The molecule has 2 unspecified atom stereocenters. The summed E-state index contributed by atoms with van der Waals surface area (Å²) in [5.41, 5.74) is 7.08. The normalized spacial score (nSPS) is 16.3. The maximum Gasteiger partial charge on any atom is 0.307 e. The van der Waals surface area contributed by atoms with Crippen molar-refractivity contribution in [1.82, 2.24) is 0 Å². The van der Waals surface area contributed by atoms with Crippen molar-refractivity contribution < 1.29 is 28.9 Å². The molecule has 2 aliphatic rings. The van der Waals surface area contributed by atoms with Crippen LogP contribution < -0.4 is 9.47 Å². The maximum absolute atomic E-state index is 11.6. The molecule has 262 valence electrons. The molecule has 0 bridgehead atoms. The Labute approximate surface area is 317 Å². The summed E-state index contributed by atoms with van der Waals surface area (Å²) in [6.07, 6.45) is 4.42. The van der Waals surface area contributed by atoms with Gasteiger partial charge in [-0.15, -0.1) is 11.8 Å². The van der Waals surface area contributed by atoms with Crippen LogP contribution in [0.4, 0.5) is 0 Å². The molecule has 0 saturated heterocycles. The van der Waals surface area contributed by atoms with E-state index in [0.717, 1.165) is 57.3 Å². The van der Waals surface area contributed by atoms with Crippen molar-refractivity contribution in [3.05, 3.63) is 127 Å². The molecule has 0 fully saturated rings. The van der Waals surface area contributed by atoms with Crippen molar-refractivity contribution in [3.8, 4) is 35.2 Å². The van der Waals surface area contributed by atoms with Crippen molar-refractivity contribution in [2.45, 2.75) is 76.4 Å². The number of hydrogen-bond acceptors (Lipinski definition) is 5. The van der Waals surface area contributed by atoms with E-state index in [-0.39, 0.29) is 42.9 Å². The van der Waals surface area contributed by atoms with Gasteiger partial charge in [0, 0.05) is 8.95 Å². The van der Waals surface area contributed by atoms with Crippen LogP contribution in [0.3, 0.4) is 0 Å². The standard InChI is InChI=1S/C22H21BrO3.C21H19BrO3/c1-3-4-16(14-22(24)25-2)15-5-9-19(10-6-15)26-21-12-7-17-13-18(23)8-11-20(17)21;1-2-3-15(13-21(23)24)14-4-8-18(9-5-14)25-20-11-6-16-12-17(22)7-10-19(16)20/h5-6,8-11,13,16,21H,7,12,14H2,1-2H3;4-5,7-10,12,15,20H,6,11,13H2,1H3,(H,23,24)/t16-,21?;15-,20?/m00/s1. The Morgan fingerprint density at radius 3 is 1.53 bits per heavy atom. The van der Waals surface area contributed by atoms with Gasteiger partial charge in [-0.2, -0.15) is 0 Å². The third kappa shape index (κ3) is 10.3. The highest BCUT2D eigenvalue weighted by atomic mass is 79.9. The molecule has 0 aromatic heterocycles. The minimum absolute atomic E-state index is 0.00587. The highest BCUT2D eigenvalue weighted by molar-refractivity contribution is 9.10. The fourth-order valence-corrected chi connectivity index (χ4v) is 7.32. The first-order valence-electron chi connectivity index (χ1n) is 16.9. The maximum atomic E-state index is 11.6. The lowest BCUT2D eigenvalue weighted by Crippen LogP contribution is -2.08. The molecule has 1 N–H and O–H groups in total. The molecule has 4 aromatic rings. The van der Waals surface area contributed by atoms with Crippen LogP contribution in [0.1, 0.15) is 97.0 Å². The lowest BCUT2D eigenvalue weighted by Gasteiger charge is -2.16. The van der Waals surface area contributed by atoms with Crippen molar-refractivity contribution >= 4 is 43.8 Å². The first-order valence-corrected chi connectivity index (χ1v) is 18.5. The molecule has 6 rings (SSSR count). The zero-order valence-electron chi connectivity index (χ0n) is 28.9. The predicted octanol–water partition coefficient (Wildman–Crippen LogP) is 10.3. The number of aliphatic carboxylic acids is 1. The average molecular weight is 813 g/mol. The molecule has 0 amide bonds. The van der Waals surface area contributed by atoms with Crippen LogP contribution in [-0.4, -0.2) is 24.2 Å². The first kappa shape index (κ1) is 37.7. The molecule has 4 atom stereocenters. The van der Waals surface area contributed by atoms with Gasteiger partial charge in [-0.25, -0.2) is 0 Å². The van der Waals surface area contributed by atoms with Crippen LogP contribution >= 0.6 is 31.9 Å². The van der Waals surface area contributed by atoms with Crippen LogP contribution in [0.15, 0.2) is 93.9 Å². The number of fused-ring (bicyclic) bond motifs is 2. The summed E-state index contributed by atoms with van der Waals surface area (Å²) in [6, 6.07) is 28.2. The molecule has 0 aliphatic heterocycles. The third-order valence-electron chi connectivity index (χ3n) is 8.99. The fraction of sp³-hybridized carbons (Fsp3) is 0.302. The number of carboxylic acids is 1. The van der Waals surface area contributed by atoms with Crippen LogP contribution in [0.25, 0.3) is 0 Å². The quantitative estimate of drug-likeness (QED) is 0.127. The van der Waals surface area contributed by atoms with E-state index in [9.17, 15) is 9.59 Å². The van der Waals surface area contributed by atoms with Gasteiger partial charge in [-0.05, 0) is 121 Å². The Kier molecular flexibility index (Phi) is 13.4. The number of carbonyl (C=O) groups excluding carboxylic acids is 1. The van der Waals surface area contributed by atoms with Crippen molar-refractivity contribution in [2.75, 3.05) is 7.11 Å². The average Bonchev–Trinajstić information content (AvgIpc) is 3.71. The molecule has 51 heavy (non-hydrogen) atoms. The topological polar surface area (TPSA) is 82.1 Å². The molecule has 2 aliphatic carbocycles. The first-order chi connectivity index (χ1) is 24.7. The number of rotatable bonds is 10. The van der Waals surface area contributed by atoms with E-state index in [1.807, 2.05) is 54.6 Å². The zero-order valence-corrected chi connectivity index (χ0v) is 32.1. The number of carboxylic acid groups (broad SMARTS) is 1. The van der Waals surface area contributed by atoms with Gasteiger partial charge in [-0.3, -0.25) is 9.59 Å². The number of carbonyl (C=O) groups is 2. The van der Waals surface area contributed by atoms with Crippen LogP contribution in [0.5, 0.6) is 11.5 Å². The smallest absolute Gasteiger partial charge is 0.307 e. The van der Waals surface area contributed by atoms with Crippen LogP contribution in [0, 0.1) is 23.7 Å². The van der Waals surface area contributed by atoms with E-state index in [0.29, 0.717) is 0 Å². The summed E-state index contributed by atoms with van der Waals surface area (Å²) in [5.74, 6) is 11.8.